The third kappa shape index (κ3) is 3.96. The molecule has 26 heavy (non-hydrogen) atoms. The summed E-state index contributed by atoms with van der Waals surface area (Å²) in [5.74, 6) is 2.52. The quantitative estimate of drug-likeness (QED) is 0.814. The van der Waals surface area contributed by atoms with Gasteiger partial charge < -0.3 is 5.32 Å². The van der Waals surface area contributed by atoms with E-state index < -0.39 is 0 Å². The standard InChI is InChI=1S/C21H25N3OS/c1-15(2)13-26-14-20(25)23-21-18(12-22)17-10-6-7-11-19(17)24(21)16-8-4-3-5-9-16/h3-5,8-9,15H,6-7,10-11,13-14H2,1-2H3,(H,23,25). The van der Waals surface area contributed by atoms with Crippen molar-refractivity contribution in [1.82, 2.24) is 4.57 Å². The molecule has 0 fully saturated rings. The summed E-state index contributed by atoms with van der Waals surface area (Å²) in [6.07, 6.45) is 4.06. The highest BCUT2D eigenvalue weighted by molar-refractivity contribution is 7.99. The second kappa shape index (κ2) is 8.46. The van der Waals surface area contributed by atoms with Gasteiger partial charge in [-0.1, -0.05) is 32.0 Å². The van der Waals surface area contributed by atoms with Crippen LogP contribution in [0.25, 0.3) is 5.69 Å². The van der Waals surface area contributed by atoms with Gasteiger partial charge >= 0.3 is 0 Å². The minimum atomic E-state index is -0.0424. The number of nitrogens with one attached hydrogen (secondary N) is 1. The van der Waals surface area contributed by atoms with Crippen LogP contribution in [0.3, 0.4) is 0 Å². The lowest BCUT2D eigenvalue weighted by Gasteiger charge is -2.17. The van der Waals surface area contributed by atoms with E-state index in [0.29, 0.717) is 23.1 Å². The maximum Gasteiger partial charge on any atom is 0.235 e. The van der Waals surface area contributed by atoms with Gasteiger partial charge in [-0.25, -0.2) is 0 Å². The Morgan fingerprint density at radius 1 is 1.27 bits per heavy atom. The third-order valence-corrected chi connectivity index (χ3v) is 5.91. The van der Waals surface area contributed by atoms with Crippen molar-refractivity contribution in [1.29, 1.82) is 5.26 Å². The minimum absolute atomic E-state index is 0.0424. The topological polar surface area (TPSA) is 57.8 Å². The first-order chi connectivity index (χ1) is 12.6. The Morgan fingerprint density at radius 2 is 2.00 bits per heavy atom. The maximum atomic E-state index is 12.5. The second-order valence-electron chi connectivity index (χ2n) is 7.10. The number of anilines is 1. The van der Waals surface area contributed by atoms with Crippen molar-refractivity contribution >= 4 is 23.5 Å². The summed E-state index contributed by atoms with van der Waals surface area (Å²) in [5, 5.41) is 12.8. The van der Waals surface area contributed by atoms with Gasteiger partial charge in [0.2, 0.25) is 5.91 Å². The first-order valence-electron chi connectivity index (χ1n) is 9.21. The first kappa shape index (κ1) is 18.6. The number of rotatable bonds is 6. The van der Waals surface area contributed by atoms with Gasteiger partial charge in [0.1, 0.15) is 11.9 Å². The summed E-state index contributed by atoms with van der Waals surface area (Å²) in [7, 11) is 0. The molecule has 1 aliphatic carbocycles. The van der Waals surface area contributed by atoms with Crippen molar-refractivity contribution in [2.24, 2.45) is 5.92 Å². The molecular formula is C21H25N3OS. The number of thioether (sulfide) groups is 1. The molecule has 0 bridgehead atoms. The lowest BCUT2D eigenvalue weighted by Crippen LogP contribution is -2.18. The number of benzene rings is 1. The van der Waals surface area contributed by atoms with Crippen molar-refractivity contribution in [2.45, 2.75) is 39.5 Å². The fourth-order valence-electron chi connectivity index (χ4n) is 3.45. The Labute approximate surface area is 159 Å². The molecular weight excluding hydrogens is 342 g/mol. The average molecular weight is 368 g/mol. The van der Waals surface area contributed by atoms with Gasteiger partial charge in [0, 0.05) is 11.4 Å². The summed E-state index contributed by atoms with van der Waals surface area (Å²) >= 11 is 1.63. The summed E-state index contributed by atoms with van der Waals surface area (Å²) in [6.45, 7) is 4.29. The monoisotopic (exact) mass is 367 g/mol. The van der Waals surface area contributed by atoms with Gasteiger partial charge in [-0.15, -0.1) is 0 Å². The number of hydrogen-bond donors (Lipinski definition) is 1. The number of aromatic nitrogens is 1. The summed E-state index contributed by atoms with van der Waals surface area (Å²) in [5.41, 5.74) is 3.90. The Bertz CT molecular complexity index is 818. The molecule has 1 aromatic carbocycles. The van der Waals surface area contributed by atoms with E-state index >= 15 is 0 Å². The van der Waals surface area contributed by atoms with Crippen LogP contribution in [0.15, 0.2) is 30.3 Å². The number of para-hydroxylation sites is 1. The number of carbonyl (C=O) groups excluding carboxylic acids is 1. The van der Waals surface area contributed by atoms with E-state index in [0.717, 1.165) is 42.7 Å². The summed E-state index contributed by atoms with van der Waals surface area (Å²) in [6, 6.07) is 12.4. The fourth-order valence-corrected chi connectivity index (χ4v) is 4.30. The number of amides is 1. The molecule has 1 aliphatic rings. The van der Waals surface area contributed by atoms with Crippen LogP contribution >= 0.6 is 11.8 Å². The number of carbonyl (C=O) groups is 1. The number of nitriles is 1. The smallest absolute Gasteiger partial charge is 0.235 e. The molecule has 0 spiro atoms. The van der Waals surface area contributed by atoms with Crippen LogP contribution in [0, 0.1) is 17.2 Å². The lowest BCUT2D eigenvalue weighted by atomic mass is 9.95. The van der Waals surface area contributed by atoms with E-state index in [9.17, 15) is 10.1 Å². The predicted octanol–water partition coefficient (Wildman–Crippen LogP) is 4.56. The SMILES string of the molecule is CC(C)CSCC(=O)Nc1c(C#N)c2c(n1-c1ccccc1)CCCC2. The second-order valence-corrected chi connectivity index (χ2v) is 8.13. The number of hydrogen-bond acceptors (Lipinski definition) is 3. The fraction of sp³-hybridized carbons (Fsp3) is 0.429. The van der Waals surface area contributed by atoms with Gasteiger partial charge in [-0.2, -0.15) is 17.0 Å². The summed E-state index contributed by atoms with van der Waals surface area (Å²) in [4.78, 5) is 12.5. The molecule has 4 nitrogen and oxygen atoms in total. The molecule has 1 aromatic heterocycles. The zero-order valence-corrected chi connectivity index (χ0v) is 16.2. The van der Waals surface area contributed by atoms with Gasteiger partial charge in [-0.3, -0.25) is 9.36 Å². The van der Waals surface area contributed by atoms with Crippen LogP contribution in [0.5, 0.6) is 0 Å². The van der Waals surface area contributed by atoms with Crippen molar-refractivity contribution in [3.05, 3.63) is 47.2 Å². The molecule has 1 heterocycles. The molecule has 1 amide bonds. The van der Waals surface area contributed by atoms with Crippen LogP contribution in [0.1, 0.15) is 43.5 Å². The van der Waals surface area contributed by atoms with Gasteiger partial charge in [0.25, 0.3) is 0 Å². The average Bonchev–Trinajstić information content (AvgIpc) is 2.95. The van der Waals surface area contributed by atoms with Crippen molar-refractivity contribution in [3.63, 3.8) is 0 Å². The van der Waals surface area contributed by atoms with Gasteiger partial charge in [0.15, 0.2) is 0 Å². The molecule has 2 aromatic rings. The molecule has 136 valence electrons. The Balaban J connectivity index is 1.96. The van der Waals surface area contributed by atoms with Crippen molar-refractivity contribution in [2.75, 3.05) is 16.8 Å². The predicted molar refractivity (Wildman–Crippen MR) is 108 cm³/mol. The Morgan fingerprint density at radius 3 is 2.69 bits per heavy atom. The number of fused-ring (bicyclic) bond motifs is 1. The molecule has 0 aliphatic heterocycles. The molecule has 0 atom stereocenters. The molecule has 0 radical (unpaired) electrons. The molecule has 3 rings (SSSR count). The molecule has 1 N–H and O–H groups in total. The molecule has 5 heteroatoms. The minimum Gasteiger partial charge on any atom is -0.310 e. The van der Waals surface area contributed by atoms with E-state index in [1.165, 1.54) is 5.69 Å². The van der Waals surface area contributed by atoms with Gasteiger partial charge in [0.05, 0.1) is 11.3 Å². The molecule has 0 saturated carbocycles. The molecule has 0 saturated heterocycles. The van der Waals surface area contributed by atoms with E-state index in [4.69, 9.17) is 0 Å². The Kier molecular flexibility index (Phi) is 6.05. The third-order valence-electron chi connectivity index (χ3n) is 4.54. The van der Waals surface area contributed by atoms with E-state index in [1.54, 1.807) is 11.8 Å². The van der Waals surface area contributed by atoms with Crippen LogP contribution < -0.4 is 5.32 Å². The maximum absolute atomic E-state index is 12.5. The zero-order valence-electron chi connectivity index (χ0n) is 15.4. The van der Waals surface area contributed by atoms with E-state index in [1.807, 2.05) is 30.3 Å². The highest BCUT2D eigenvalue weighted by atomic mass is 32.2. The van der Waals surface area contributed by atoms with E-state index in [2.05, 4.69) is 29.8 Å². The van der Waals surface area contributed by atoms with E-state index in [-0.39, 0.29) is 5.91 Å². The lowest BCUT2D eigenvalue weighted by molar-refractivity contribution is -0.113. The summed E-state index contributed by atoms with van der Waals surface area (Å²) < 4.78 is 2.08. The van der Waals surface area contributed by atoms with Gasteiger partial charge in [-0.05, 0) is 55.1 Å². The molecule has 0 unspecified atom stereocenters. The zero-order chi connectivity index (χ0) is 18.5. The van der Waals surface area contributed by atoms with Crippen LogP contribution in [0.4, 0.5) is 5.82 Å². The highest BCUT2D eigenvalue weighted by Crippen LogP contribution is 2.35. The van der Waals surface area contributed by atoms with Crippen LogP contribution in [0.2, 0.25) is 0 Å². The normalized spacial score (nSPS) is 13.3. The van der Waals surface area contributed by atoms with Crippen molar-refractivity contribution in [3.8, 4) is 11.8 Å². The largest absolute Gasteiger partial charge is 0.310 e. The van der Waals surface area contributed by atoms with Crippen LogP contribution in [-0.4, -0.2) is 22.0 Å². The van der Waals surface area contributed by atoms with Crippen LogP contribution in [-0.2, 0) is 17.6 Å². The van der Waals surface area contributed by atoms with Crippen molar-refractivity contribution < 1.29 is 4.79 Å². The number of nitrogens with zero attached hydrogens (tertiary/aromatic N) is 2. The Hall–Kier alpha value is -2.19. The first-order valence-corrected chi connectivity index (χ1v) is 10.4. The highest BCUT2D eigenvalue weighted by Gasteiger charge is 2.26.